The van der Waals surface area contributed by atoms with E-state index in [2.05, 4.69) is 59.2 Å². The molecular formula is C40H48N2O8. The summed E-state index contributed by atoms with van der Waals surface area (Å²) in [7, 11) is 13.4. The molecular weight excluding hydrogens is 636 g/mol. The molecule has 2 N–H and O–H groups in total. The highest BCUT2D eigenvalue weighted by Crippen LogP contribution is 2.45. The Morgan fingerprint density at radius 2 is 0.720 bits per heavy atom. The van der Waals surface area contributed by atoms with Crippen molar-refractivity contribution in [3.63, 3.8) is 0 Å². The first-order chi connectivity index (χ1) is 24.4. The lowest BCUT2D eigenvalue weighted by atomic mass is 9.84. The normalized spacial score (nSPS) is 16.5. The van der Waals surface area contributed by atoms with Crippen molar-refractivity contribution < 1.29 is 37.9 Å². The van der Waals surface area contributed by atoms with E-state index in [1.807, 2.05) is 0 Å². The van der Waals surface area contributed by atoms with Crippen LogP contribution in [0.2, 0.25) is 0 Å². The summed E-state index contributed by atoms with van der Waals surface area (Å²) < 4.78 is 46.1. The van der Waals surface area contributed by atoms with Crippen LogP contribution in [0.1, 0.15) is 45.5 Å². The minimum atomic E-state index is 0.0216. The Hall–Kier alpha value is -4.80. The van der Waals surface area contributed by atoms with Gasteiger partial charge in [-0.25, -0.2) is 0 Å². The van der Waals surface area contributed by atoms with E-state index < -0.39 is 0 Å². The third kappa shape index (κ3) is 6.69. The second-order valence-corrected chi connectivity index (χ2v) is 12.5. The van der Waals surface area contributed by atoms with E-state index in [1.165, 1.54) is 22.3 Å². The second-order valence-electron chi connectivity index (χ2n) is 12.5. The van der Waals surface area contributed by atoms with Crippen molar-refractivity contribution in [3.05, 3.63) is 81.9 Å². The van der Waals surface area contributed by atoms with Crippen molar-refractivity contribution >= 4 is 0 Å². The summed E-state index contributed by atoms with van der Waals surface area (Å²) in [5, 5.41) is 7.53. The third-order valence-electron chi connectivity index (χ3n) is 9.97. The molecule has 0 amide bonds. The van der Waals surface area contributed by atoms with Crippen LogP contribution in [0.5, 0.6) is 46.0 Å². The van der Waals surface area contributed by atoms with Gasteiger partial charge in [-0.1, -0.05) is 0 Å². The molecule has 0 saturated carbocycles. The van der Waals surface area contributed by atoms with Crippen LogP contribution in [0, 0.1) is 0 Å². The summed E-state index contributed by atoms with van der Waals surface area (Å²) in [5.41, 5.74) is 9.11. The molecule has 4 aromatic rings. The van der Waals surface area contributed by atoms with Crippen LogP contribution in [-0.4, -0.2) is 70.0 Å². The van der Waals surface area contributed by atoms with Gasteiger partial charge in [-0.3, -0.25) is 0 Å². The largest absolute Gasteiger partial charge is 0.493 e. The molecule has 2 atom stereocenters. The smallest absolute Gasteiger partial charge is 0.161 e. The molecule has 6 rings (SSSR count). The van der Waals surface area contributed by atoms with Crippen molar-refractivity contribution in [1.82, 2.24) is 10.6 Å². The first-order valence-electron chi connectivity index (χ1n) is 16.9. The summed E-state index contributed by atoms with van der Waals surface area (Å²) in [5.74, 6) is 5.53. The van der Waals surface area contributed by atoms with Crippen LogP contribution in [-0.2, 0) is 25.7 Å². The lowest BCUT2D eigenvalue weighted by Gasteiger charge is -2.30. The lowest BCUT2D eigenvalue weighted by Crippen LogP contribution is -2.31. The third-order valence-corrected chi connectivity index (χ3v) is 9.97. The molecule has 2 aliphatic rings. The molecule has 0 bridgehead atoms. The summed E-state index contributed by atoms with van der Waals surface area (Å²) >= 11 is 0. The Balaban J connectivity index is 1.49. The highest BCUT2D eigenvalue weighted by Gasteiger charge is 2.28. The summed E-state index contributed by atoms with van der Waals surface area (Å²) in [6.45, 7) is 1.69. The first kappa shape index (κ1) is 35.0. The van der Waals surface area contributed by atoms with Crippen LogP contribution >= 0.6 is 0 Å². The molecule has 4 aromatic carbocycles. The molecule has 0 fully saturated rings. The highest BCUT2D eigenvalue weighted by atomic mass is 16.5. The zero-order chi connectivity index (χ0) is 35.4. The molecule has 266 valence electrons. The van der Waals surface area contributed by atoms with Gasteiger partial charge in [-0.2, -0.15) is 0 Å². The zero-order valence-electron chi connectivity index (χ0n) is 30.3. The molecule has 0 radical (unpaired) electrons. The Labute approximate surface area is 294 Å². The fraction of sp³-hybridized carbons (Fsp3) is 0.400. The van der Waals surface area contributed by atoms with E-state index in [9.17, 15) is 0 Å². The lowest BCUT2D eigenvalue weighted by molar-refractivity contribution is 0.351. The van der Waals surface area contributed by atoms with Crippen molar-refractivity contribution in [2.24, 2.45) is 0 Å². The number of nitrogens with one attached hydrogen (secondary N) is 2. The van der Waals surface area contributed by atoms with E-state index in [-0.39, 0.29) is 12.1 Å². The number of rotatable bonds is 13. The molecule has 10 heteroatoms. The van der Waals surface area contributed by atoms with Crippen LogP contribution in [0.3, 0.4) is 0 Å². The predicted molar refractivity (Wildman–Crippen MR) is 193 cm³/mol. The molecule has 2 unspecified atom stereocenters. The Kier molecular flexibility index (Phi) is 10.8. The van der Waals surface area contributed by atoms with Gasteiger partial charge in [-0.05, 0) is 132 Å². The van der Waals surface area contributed by atoms with Crippen LogP contribution in [0.4, 0.5) is 0 Å². The van der Waals surface area contributed by atoms with E-state index in [0.29, 0.717) is 47.3 Å². The predicted octanol–water partition coefficient (Wildman–Crippen LogP) is 6.28. The Bertz CT molecular complexity index is 1710. The van der Waals surface area contributed by atoms with Gasteiger partial charge in [0.05, 0.1) is 56.9 Å². The SMILES string of the molecule is COc1cc(CC2NCCc3cc(OC)c(OC)cc32)c(-c2cc(OC)c(OC)cc2CC2NCCc3cc(OC)c(OC)cc32)cc1OC. The van der Waals surface area contributed by atoms with Gasteiger partial charge in [0, 0.05) is 12.1 Å². The molecule has 0 aromatic heterocycles. The van der Waals surface area contributed by atoms with Gasteiger partial charge < -0.3 is 48.5 Å². The molecule has 50 heavy (non-hydrogen) atoms. The summed E-state index contributed by atoms with van der Waals surface area (Å²) in [6.07, 6.45) is 3.18. The average molecular weight is 685 g/mol. The maximum atomic E-state index is 5.88. The quantitative estimate of drug-likeness (QED) is 0.168. The number of hydrogen-bond donors (Lipinski definition) is 2. The Morgan fingerprint density at radius 3 is 1.06 bits per heavy atom. The number of hydrogen-bond acceptors (Lipinski definition) is 10. The zero-order valence-corrected chi connectivity index (χ0v) is 30.3. The van der Waals surface area contributed by atoms with Gasteiger partial charge in [0.25, 0.3) is 0 Å². The van der Waals surface area contributed by atoms with E-state index in [0.717, 1.165) is 59.7 Å². The van der Waals surface area contributed by atoms with E-state index in [1.54, 1.807) is 56.9 Å². The molecule has 0 saturated heterocycles. The average Bonchev–Trinajstić information content (AvgIpc) is 3.16. The van der Waals surface area contributed by atoms with Crippen LogP contribution < -0.4 is 48.5 Å². The van der Waals surface area contributed by atoms with Gasteiger partial charge in [0.1, 0.15) is 0 Å². The molecule has 10 nitrogen and oxygen atoms in total. The van der Waals surface area contributed by atoms with Crippen molar-refractivity contribution in [1.29, 1.82) is 0 Å². The molecule has 2 aliphatic heterocycles. The van der Waals surface area contributed by atoms with Crippen LogP contribution in [0.15, 0.2) is 48.5 Å². The van der Waals surface area contributed by atoms with Gasteiger partial charge in [0.2, 0.25) is 0 Å². The topological polar surface area (TPSA) is 97.9 Å². The summed E-state index contributed by atoms with van der Waals surface area (Å²) in [6, 6.07) is 16.8. The van der Waals surface area contributed by atoms with Crippen LogP contribution in [0.25, 0.3) is 11.1 Å². The number of methoxy groups -OCH3 is 8. The fourth-order valence-corrected chi connectivity index (χ4v) is 7.42. The standard InChI is InChI=1S/C40H48N2O8/c1-43-33-15-23-9-11-41-31(29(23)21-39(33)49-7)13-25-17-35(45-3)37(47-5)19-27(25)28-20-38(48-6)36(46-4)18-26(28)14-32-30-22-40(50-8)34(44-2)16-24(30)10-12-42-32/h15-22,31-32,41-42H,9-14H2,1-8H3. The Morgan fingerprint density at radius 1 is 0.420 bits per heavy atom. The van der Waals surface area contributed by atoms with Crippen molar-refractivity contribution in [2.75, 3.05) is 70.0 Å². The van der Waals surface area contributed by atoms with Crippen molar-refractivity contribution in [3.8, 4) is 57.1 Å². The number of fused-ring (bicyclic) bond motifs is 2. The van der Waals surface area contributed by atoms with Gasteiger partial charge >= 0.3 is 0 Å². The number of benzene rings is 4. The maximum Gasteiger partial charge on any atom is 0.161 e. The minimum Gasteiger partial charge on any atom is -0.493 e. The molecule has 0 spiro atoms. The minimum absolute atomic E-state index is 0.0216. The van der Waals surface area contributed by atoms with E-state index >= 15 is 0 Å². The highest BCUT2D eigenvalue weighted by molar-refractivity contribution is 5.77. The fourth-order valence-electron chi connectivity index (χ4n) is 7.42. The second kappa shape index (κ2) is 15.4. The number of ether oxygens (including phenoxy) is 8. The van der Waals surface area contributed by atoms with E-state index in [4.69, 9.17) is 37.9 Å². The monoisotopic (exact) mass is 684 g/mol. The first-order valence-corrected chi connectivity index (χ1v) is 16.9. The molecule has 2 heterocycles. The summed E-state index contributed by atoms with van der Waals surface area (Å²) in [4.78, 5) is 0. The van der Waals surface area contributed by atoms with Crippen molar-refractivity contribution in [2.45, 2.75) is 37.8 Å². The molecule has 0 aliphatic carbocycles. The maximum absolute atomic E-state index is 5.88. The van der Waals surface area contributed by atoms with Gasteiger partial charge in [0.15, 0.2) is 46.0 Å². The van der Waals surface area contributed by atoms with Gasteiger partial charge in [-0.15, -0.1) is 0 Å².